The van der Waals surface area contributed by atoms with Crippen LogP contribution < -0.4 is 0 Å². The topological polar surface area (TPSA) is 9.23 Å². The van der Waals surface area contributed by atoms with Gasteiger partial charge in [-0.3, -0.25) is 0 Å². The van der Waals surface area contributed by atoms with Crippen LogP contribution in [0, 0.1) is 0 Å². The fraction of sp³-hybridized carbons (Fsp3) is 1.00. The molecule has 0 saturated carbocycles. The van der Waals surface area contributed by atoms with Crippen molar-refractivity contribution in [3.63, 3.8) is 0 Å². The molecular formula is C11H26OSi. The van der Waals surface area contributed by atoms with Gasteiger partial charge in [-0.15, -0.1) is 0 Å². The molecule has 1 unspecified atom stereocenters. The maximum atomic E-state index is 5.64. The van der Waals surface area contributed by atoms with E-state index in [4.69, 9.17) is 4.74 Å². The Hall–Kier alpha value is 0.177. The second-order valence-electron chi connectivity index (χ2n) is 5.48. The molecule has 1 nitrogen and oxygen atoms in total. The second kappa shape index (κ2) is 4.60. The molecule has 0 aliphatic carbocycles. The molecule has 0 amide bonds. The molecule has 0 aromatic heterocycles. The van der Waals surface area contributed by atoms with Gasteiger partial charge in [0.25, 0.3) is 0 Å². The van der Waals surface area contributed by atoms with E-state index in [1.165, 1.54) is 12.8 Å². The van der Waals surface area contributed by atoms with Crippen LogP contribution in [-0.4, -0.2) is 20.9 Å². The van der Waals surface area contributed by atoms with Gasteiger partial charge in [-0.2, -0.15) is 0 Å². The predicted molar refractivity (Wildman–Crippen MR) is 62.9 cm³/mol. The first kappa shape index (κ1) is 13.2. The van der Waals surface area contributed by atoms with E-state index in [9.17, 15) is 0 Å². The van der Waals surface area contributed by atoms with Crippen molar-refractivity contribution in [3.05, 3.63) is 0 Å². The van der Waals surface area contributed by atoms with Crippen LogP contribution in [-0.2, 0) is 4.74 Å². The fourth-order valence-corrected chi connectivity index (χ4v) is 4.08. The summed E-state index contributed by atoms with van der Waals surface area (Å²) >= 11 is 0. The Morgan fingerprint density at radius 3 is 1.92 bits per heavy atom. The number of hydrogen-bond acceptors (Lipinski definition) is 1. The van der Waals surface area contributed by atoms with Crippen LogP contribution in [0.1, 0.15) is 40.5 Å². The van der Waals surface area contributed by atoms with Crippen LogP contribution in [0.3, 0.4) is 0 Å². The SMILES string of the molecule is CCCC(OC)[Si](C)(C)C(C)(C)C. The molecule has 0 bridgehead atoms. The highest BCUT2D eigenvalue weighted by molar-refractivity contribution is 6.81. The second-order valence-corrected chi connectivity index (χ2v) is 11.1. The van der Waals surface area contributed by atoms with E-state index in [0.29, 0.717) is 10.8 Å². The van der Waals surface area contributed by atoms with E-state index in [1.54, 1.807) is 0 Å². The minimum absolute atomic E-state index is 0.433. The summed E-state index contributed by atoms with van der Waals surface area (Å²) in [5.74, 6) is 0. The zero-order valence-corrected chi connectivity index (χ0v) is 11.4. The molecular weight excluding hydrogens is 176 g/mol. The van der Waals surface area contributed by atoms with E-state index in [2.05, 4.69) is 40.8 Å². The first-order valence-electron chi connectivity index (χ1n) is 5.30. The number of methoxy groups -OCH3 is 1. The average molecular weight is 202 g/mol. The Balaban J connectivity index is 4.56. The van der Waals surface area contributed by atoms with E-state index < -0.39 is 8.07 Å². The third-order valence-corrected chi connectivity index (χ3v) is 9.57. The number of ether oxygens (including phenoxy) is 1. The van der Waals surface area contributed by atoms with Gasteiger partial charge in [0.2, 0.25) is 0 Å². The number of hydrogen-bond donors (Lipinski definition) is 0. The first-order chi connectivity index (χ1) is 5.77. The third kappa shape index (κ3) is 3.10. The van der Waals surface area contributed by atoms with Crippen LogP contribution in [0.15, 0.2) is 0 Å². The zero-order chi connectivity index (χ0) is 10.7. The van der Waals surface area contributed by atoms with Crippen molar-refractivity contribution in [2.24, 2.45) is 0 Å². The smallest absolute Gasteiger partial charge is 0.0868 e. The standard InChI is InChI=1S/C11H26OSi/c1-8-9-10(12-5)13(6,7)11(2,3)4/h10H,8-9H2,1-7H3. The van der Waals surface area contributed by atoms with Crippen LogP contribution in [0.25, 0.3) is 0 Å². The monoisotopic (exact) mass is 202 g/mol. The molecule has 0 heterocycles. The van der Waals surface area contributed by atoms with Crippen molar-refractivity contribution < 1.29 is 4.74 Å². The quantitative estimate of drug-likeness (QED) is 0.629. The molecule has 0 aliphatic heterocycles. The van der Waals surface area contributed by atoms with Gasteiger partial charge in [-0.25, -0.2) is 0 Å². The maximum absolute atomic E-state index is 5.64. The van der Waals surface area contributed by atoms with Crippen molar-refractivity contribution in [1.82, 2.24) is 0 Å². The Labute approximate surface area is 84.9 Å². The van der Waals surface area contributed by atoms with Crippen molar-refractivity contribution in [3.8, 4) is 0 Å². The van der Waals surface area contributed by atoms with Gasteiger partial charge in [0.1, 0.15) is 0 Å². The Kier molecular flexibility index (Phi) is 4.67. The predicted octanol–water partition coefficient (Wildman–Crippen LogP) is 3.85. The molecule has 0 aromatic rings. The van der Waals surface area contributed by atoms with Gasteiger partial charge in [-0.05, 0) is 11.5 Å². The summed E-state index contributed by atoms with van der Waals surface area (Å²) in [7, 11) is 0.584. The molecule has 13 heavy (non-hydrogen) atoms. The molecule has 0 fully saturated rings. The largest absolute Gasteiger partial charge is 0.385 e. The van der Waals surface area contributed by atoms with Gasteiger partial charge in [0.15, 0.2) is 0 Å². The Morgan fingerprint density at radius 2 is 1.69 bits per heavy atom. The molecule has 0 saturated heterocycles. The van der Waals surface area contributed by atoms with Crippen molar-refractivity contribution in [2.45, 2.75) is 64.4 Å². The molecule has 0 spiro atoms. The summed E-state index contributed by atoms with van der Waals surface area (Å²) in [5, 5.41) is 0.433. The van der Waals surface area contributed by atoms with Gasteiger partial charge < -0.3 is 4.74 Å². The lowest BCUT2D eigenvalue weighted by Crippen LogP contribution is -2.50. The van der Waals surface area contributed by atoms with E-state index in [0.717, 1.165) is 0 Å². The van der Waals surface area contributed by atoms with E-state index in [-0.39, 0.29) is 0 Å². The van der Waals surface area contributed by atoms with Crippen LogP contribution in [0.2, 0.25) is 18.1 Å². The van der Waals surface area contributed by atoms with Crippen molar-refractivity contribution in [2.75, 3.05) is 7.11 Å². The Bertz CT molecular complexity index is 147. The fourth-order valence-electron chi connectivity index (χ4n) is 1.52. The minimum Gasteiger partial charge on any atom is -0.385 e. The van der Waals surface area contributed by atoms with Gasteiger partial charge in [-0.1, -0.05) is 47.2 Å². The normalized spacial score (nSPS) is 15.9. The first-order valence-corrected chi connectivity index (χ1v) is 8.38. The molecule has 0 rings (SSSR count). The lowest BCUT2D eigenvalue weighted by Gasteiger charge is -2.42. The zero-order valence-electron chi connectivity index (χ0n) is 10.4. The van der Waals surface area contributed by atoms with Crippen molar-refractivity contribution >= 4 is 8.07 Å². The molecule has 1 atom stereocenters. The summed E-state index contributed by atoms with van der Waals surface area (Å²) in [6, 6.07) is 0. The molecule has 0 aliphatic rings. The molecule has 80 valence electrons. The van der Waals surface area contributed by atoms with Gasteiger partial charge >= 0.3 is 0 Å². The summed E-state index contributed by atoms with van der Waals surface area (Å²) < 4.78 is 5.64. The molecule has 0 N–H and O–H groups in total. The lowest BCUT2D eigenvalue weighted by molar-refractivity contribution is 0.145. The van der Waals surface area contributed by atoms with E-state index >= 15 is 0 Å². The lowest BCUT2D eigenvalue weighted by atomic mass is 10.2. The van der Waals surface area contributed by atoms with Crippen molar-refractivity contribution in [1.29, 1.82) is 0 Å². The molecule has 2 heteroatoms. The Morgan fingerprint density at radius 1 is 1.23 bits per heavy atom. The average Bonchev–Trinajstić information content (AvgIpc) is 1.97. The highest BCUT2D eigenvalue weighted by Gasteiger charge is 2.41. The third-order valence-electron chi connectivity index (χ3n) is 3.57. The van der Waals surface area contributed by atoms with E-state index in [1.807, 2.05) is 7.11 Å². The van der Waals surface area contributed by atoms with Gasteiger partial charge in [0.05, 0.1) is 8.07 Å². The summed E-state index contributed by atoms with van der Waals surface area (Å²) in [6.07, 6.45) is 2.44. The van der Waals surface area contributed by atoms with Crippen LogP contribution >= 0.6 is 0 Å². The van der Waals surface area contributed by atoms with Crippen LogP contribution in [0.4, 0.5) is 0 Å². The maximum Gasteiger partial charge on any atom is 0.0868 e. The molecule has 0 radical (unpaired) electrons. The minimum atomic E-state index is -1.28. The van der Waals surface area contributed by atoms with Crippen LogP contribution in [0.5, 0.6) is 0 Å². The van der Waals surface area contributed by atoms with Gasteiger partial charge in [0, 0.05) is 12.8 Å². The summed E-state index contributed by atoms with van der Waals surface area (Å²) in [4.78, 5) is 0. The highest BCUT2D eigenvalue weighted by atomic mass is 28.3. The summed E-state index contributed by atoms with van der Waals surface area (Å²) in [6.45, 7) is 14.2. The highest BCUT2D eigenvalue weighted by Crippen LogP contribution is 2.40. The number of rotatable bonds is 4. The molecule has 0 aromatic carbocycles. The summed E-state index contributed by atoms with van der Waals surface area (Å²) in [5.41, 5.74) is 0.512.